The number of rotatable bonds is 1. The van der Waals surface area contributed by atoms with E-state index in [-0.39, 0.29) is 0 Å². The van der Waals surface area contributed by atoms with E-state index in [0.717, 1.165) is 17.9 Å². The molecule has 2 aliphatic rings. The van der Waals surface area contributed by atoms with Gasteiger partial charge in [0.25, 0.3) is 0 Å². The molecule has 0 unspecified atom stereocenters. The fraction of sp³-hybridized carbons (Fsp3) is 1.00. The van der Waals surface area contributed by atoms with Crippen molar-refractivity contribution in [2.45, 2.75) is 38.6 Å². The average Bonchev–Trinajstić information content (AvgIpc) is 2.77. The lowest BCUT2D eigenvalue weighted by molar-refractivity contribution is 0.143. The second kappa shape index (κ2) is 2.78. The molecule has 1 heteroatoms. The number of piperidine rings is 1. The van der Waals surface area contributed by atoms with Crippen molar-refractivity contribution < 1.29 is 0 Å². The lowest BCUT2D eigenvalue weighted by Crippen LogP contribution is -2.38. The zero-order chi connectivity index (χ0) is 7.84. The zero-order valence-corrected chi connectivity index (χ0v) is 7.71. The first-order chi connectivity index (χ1) is 5.27. The normalized spacial score (nSPS) is 40.9. The van der Waals surface area contributed by atoms with Gasteiger partial charge in [0.15, 0.2) is 0 Å². The summed E-state index contributed by atoms with van der Waals surface area (Å²) in [6.07, 6.45) is 5.98. The quantitative estimate of drug-likeness (QED) is 0.558. The lowest BCUT2D eigenvalue weighted by Gasteiger charge is -2.35. The molecule has 1 heterocycles. The van der Waals surface area contributed by atoms with Gasteiger partial charge in [0, 0.05) is 6.04 Å². The topological polar surface area (TPSA) is 3.24 Å². The molecule has 2 fully saturated rings. The zero-order valence-electron chi connectivity index (χ0n) is 7.71. The minimum absolute atomic E-state index is 0.842. The van der Waals surface area contributed by atoms with Gasteiger partial charge in [-0.15, -0.1) is 0 Å². The van der Waals surface area contributed by atoms with Crippen LogP contribution in [-0.4, -0.2) is 24.5 Å². The number of hydrogen-bond acceptors (Lipinski definition) is 1. The molecule has 64 valence electrons. The summed E-state index contributed by atoms with van der Waals surface area (Å²) in [5, 5.41) is 0. The van der Waals surface area contributed by atoms with Crippen molar-refractivity contribution in [3.8, 4) is 0 Å². The standard InChI is InChI=1S/C10H19N/c1-8-7-10(9-3-4-9)5-6-11(8)2/h8-10H,3-7H2,1-2H3/t8-,10+/m1/s1. The van der Waals surface area contributed by atoms with Crippen LogP contribution in [0.15, 0.2) is 0 Å². The van der Waals surface area contributed by atoms with Gasteiger partial charge in [0.05, 0.1) is 0 Å². The summed E-state index contributed by atoms with van der Waals surface area (Å²) in [6.45, 7) is 3.71. The van der Waals surface area contributed by atoms with E-state index in [2.05, 4.69) is 18.9 Å². The van der Waals surface area contributed by atoms with E-state index >= 15 is 0 Å². The van der Waals surface area contributed by atoms with E-state index < -0.39 is 0 Å². The van der Waals surface area contributed by atoms with Gasteiger partial charge in [-0.1, -0.05) is 0 Å². The summed E-state index contributed by atoms with van der Waals surface area (Å²) in [7, 11) is 2.26. The Balaban J connectivity index is 1.86. The molecule has 2 atom stereocenters. The predicted octanol–water partition coefficient (Wildman–Crippen LogP) is 2.13. The molecule has 0 aromatic rings. The van der Waals surface area contributed by atoms with Crippen LogP contribution >= 0.6 is 0 Å². The van der Waals surface area contributed by atoms with Crippen LogP contribution in [0.4, 0.5) is 0 Å². The maximum Gasteiger partial charge on any atom is 0.00666 e. The van der Waals surface area contributed by atoms with E-state index in [0.29, 0.717) is 0 Å². The summed E-state index contributed by atoms with van der Waals surface area (Å²) in [6, 6.07) is 0.842. The molecule has 0 amide bonds. The lowest BCUT2D eigenvalue weighted by atomic mass is 9.88. The fourth-order valence-electron chi connectivity index (χ4n) is 2.32. The van der Waals surface area contributed by atoms with Crippen LogP contribution < -0.4 is 0 Å². The molecule has 0 bridgehead atoms. The SMILES string of the molecule is C[C@@H]1C[C@@H](C2CC2)CCN1C. The third-order valence-corrected chi connectivity index (χ3v) is 3.54. The Labute approximate surface area is 69.8 Å². The van der Waals surface area contributed by atoms with E-state index in [1.54, 1.807) is 0 Å². The van der Waals surface area contributed by atoms with E-state index in [4.69, 9.17) is 0 Å². The predicted molar refractivity (Wildman–Crippen MR) is 47.5 cm³/mol. The van der Waals surface area contributed by atoms with Crippen molar-refractivity contribution in [1.29, 1.82) is 0 Å². The van der Waals surface area contributed by atoms with Crippen molar-refractivity contribution in [1.82, 2.24) is 4.90 Å². The first-order valence-electron chi connectivity index (χ1n) is 4.97. The highest BCUT2D eigenvalue weighted by molar-refractivity contribution is 4.87. The molecule has 1 saturated carbocycles. The molecule has 0 aromatic carbocycles. The molecule has 0 radical (unpaired) electrons. The smallest absolute Gasteiger partial charge is 0.00666 e. The van der Waals surface area contributed by atoms with Crippen LogP contribution in [0.5, 0.6) is 0 Å². The Morgan fingerprint density at radius 2 is 1.82 bits per heavy atom. The van der Waals surface area contributed by atoms with Gasteiger partial charge >= 0.3 is 0 Å². The molecule has 11 heavy (non-hydrogen) atoms. The summed E-state index contributed by atoms with van der Waals surface area (Å²) >= 11 is 0. The van der Waals surface area contributed by atoms with Gasteiger partial charge in [0.1, 0.15) is 0 Å². The Morgan fingerprint density at radius 1 is 1.09 bits per heavy atom. The number of hydrogen-bond donors (Lipinski definition) is 0. The first-order valence-corrected chi connectivity index (χ1v) is 4.97. The van der Waals surface area contributed by atoms with Crippen molar-refractivity contribution in [2.24, 2.45) is 11.8 Å². The molecule has 1 saturated heterocycles. The molecule has 1 aliphatic carbocycles. The van der Waals surface area contributed by atoms with Crippen LogP contribution in [0, 0.1) is 11.8 Å². The number of nitrogens with zero attached hydrogens (tertiary/aromatic N) is 1. The molecular formula is C10H19N. The van der Waals surface area contributed by atoms with Gasteiger partial charge in [-0.05, 0) is 58.0 Å². The van der Waals surface area contributed by atoms with Crippen LogP contribution in [0.1, 0.15) is 32.6 Å². The largest absolute Gasteiger partial charge is 0.304 e. The molecular weight excluding hydrogens is 134 g/mol. The molecule has 1 aliphatic heterocycles. The highest BCUT2D eigenvalue weighted by Gasteiger charge is 2.34. The fourth-order valence-corrected chi connectivity index (χ4v) is 2.32. The van der Waals surface area contributed by atoms with Crippen molar-refractivity contribution in [3.63, 3.8) is 0 Å². The molecule has 0 spiro atoms. The van der Waals surface area contributed by atoms with Crippen LogP contribution in [0.25, 0.3) is 0 Å². The monoisotopic (exact) mass is 153 g/mol. The Morgan fingerprint density at radius 3 is 2.36 bits per heavy atom. The van der Waals surface area contributed by atoms with Gasteiger partial charge in [-0.25, -0.2) is 0 Å². The van der Waals surface area contributed by atoms with E-state index in [9.17, 15) is 0 Å². The minimum atomic E-state index is 0.842. The third-order valence-electron chi connectivity index (χ3n) is 3.54. The van der Waals surface area contributed by atoms with Crippen LogP contribution in [-0.2, 0) is 0 Å². The highest BCUT2D eigenvalue weighted by Crippen LogP contribution is 2.42. The van der Waals surface area contributed by atoms with Crippen molar-refractivity contribution >= 4 is 0 Å². The maximum absolute atomic E-state index is 2.50. The van der Waals surface area contributed by atoms with Gasteiger partial charge in [0.2, 0.25) is 0 Å². The summed E-state index contributed by atoms with van der Waals surface area (Å²) in [4.78, 5) is 2.50. The number of likely N-dealkylation sites (tertiary alicyclic amines) is 1. The van der Waals surface area contributed by atoms with Gasteiger partial charge in [-0.2, -0.15) is 0 Å². The van der Waals surface area contributed by atoms with Crippen molar-refractivity contribution in [3.05, 3.63) is 0 Å². The van der Waals surface area contributed by atoms with Crippen LogP contribution in [0.2, 0.25) is 0 Å². The Hall–Kier alpha value is -0.0400. The molecule has 0 N–H and O–H groups in total. The van der Waals surface area contributed by atoms with E-state index in [1.807, 2.05) is 0 Å². The van der Waals surface area contributed by atoms with Crippen LogP contribution in [0.3, 0.4) is 0 Å². The highest BCUT2D eigenvalue weighted by atomic mass is 15.1. The van der Waals surface area contributed by atoms with Gasteiger partial charge < -0.3 is 4.90 Å². The minimum Gasteiger partial charge on any atom is -0.304 e. The second-order valence-electron chi connectivity index (χ2n) is 4.45. The van der Waals surface area contributed by atoms with Gasteiger partial charge in [-0.3, -0.25) is 0 Å². The summed E-state index contributed by atoms with van der Waals surface area (Å²) in [5.41, 5.74) is 0. The molecule has 0 aromatic heterocycles. The first kappa shape index (κ1) is 7.60. The van der Waals surface area contributed by atoms with Crippen molar-refractivity contribution in [2.75, 3.05) is 13.6 Å². The second-order valence-corrected chi connectivity index (χ2v) is 4.45. The molecule has 2 rings (SSSR count). The maximum atomic E-state index is 2.50. The molecule has 1 nitrogen and oxygen atoms in total. The Kier molecular flexibility index (Phi) is 1.92. The summed E-state index contributed by atoms with van der Waals surface area (Å²) in [5.74, 6) is 2.22. The third kappa shape index (κ3) is 1.58. The Bertz CT molecular complexity index is 140. The average molecular weight is 153 g/mol. The summed E-state index contributed by atoms with van der Waals surface area (Å²) < 4.78 is 0. The van der Waals surface area contributed by atoms with E-state index in [1.165, 1.54) is 32.2 Å².